The van der Waals surface area contributed by atoms with Gasteiger partial charge in [-0.3, -0.25) is 4.79 Å². The first-order valence-corrected chi connectivity index (χ1v) is 6.49. The molecule has 0 radical (unpaired) electrons. The van der Waals surface area contributed by atoms with Gasteiger partial charge in [0.2, 0.25) is 0 Å². The van der Waals surface area contributed by atoms with E-state index in [0.717, 1.165) is 19.6 Å². The largest absolute Gasteiger partial charge is 0.293 e. The average Bonchev–Trinajstić information content (AvgIpc) is 2.70. The topological polar surface area (TPSA) is 17.1 Å². The van der Waals surface area contributed by atoms with Gasteiger partial charge in [-0.1, -0.05) is 6.92 Å². The zero-order valence-electron chi connectivity index (χ0n) is 7.01. The van der Waals surface area contributed by atoms with Crippen LogP contribution in [-0.2, 0) is 0 Å². The Balaban J connectivity index is 2.21. The van der Waals surface area contributed by atoms with E-state index in [4.69, 9.17) is 0 Å². The van der Waals surface area contributed by atoms with E-state index < -0.39 is 0 Å². The van der Waals surface area contributed by atoms with Gasteiger partial charge >= 0.3 is 0 Å². The van der Waals surface area contributed by atoms with Crippen LogP contribution in [0, 0.1) is 11.8 Å². The third-order valence-electron chi connectivity index (χ3n) is 2.33. The maximum Gasteiger partial charge on any atom is 0.176 e. The number of hydrogen-bond donors (Lipinski definition) is 0. The lowest BCUT2D eigenvalue weighted by Crippen LogP contribution is -1.99. The highest BCUT2D eigenvalue weighted by atomic mass is 79.9. The minimum Gasteiger partial charge on any atom is -0.293 e. The number of Topliss-reactive ketones (excluding diaryl/α,β-unsaturated/α-hetero) is 1. The molecule has 0 amide bonds. The molecule has 0 bridgehead atoms. The standard InChI is InChI=1S/C9H8Br2OS/c1-4-2-5(4)8(12)7-3-6(10)9(11)13-7/h3-5H,2H2,1H3. The molecule has 2 unspecified atom stereocenters. The van der Waals surface area contributed by atoms with Crippen LogP contribution >= 0.6 is 43.2 Å². The molecule has 1 fully saturated rings. The first kappa shape index (κ1) is 9.87. The highest BCUT2D eigenvalue weighted by molar-refractivity contribution is 9.13. The van der Waals surface area contributed by atoms with Crippen LogP contribution in [0.1, 0.15) is 23.0 Å². The molecule has 1 aromatic heterocycles. The van der Waals surface area contributed by atoms with Gasteiger partial charge in [-0.15, -0.1) is 11.3 Å². The molecule has 0 aliphatic heterocycles. The maximum atomic E-state index is 11.8. The summed E-state index contributed by atoms with van der Waals surface area (Å²) < 4.78 is 1.98. The van der Waals surface area contributed by atoms with Gasteiger partial charge in [-0.05, 0) is 50.3 Å². The summed E-state index contributed by atoms with van der Waals surface area (Å²) in [4.78, 5) is 12.6. The molecule has 2 atom stereocenters. The highest BCUT2D eigenvalue weighted by Crippen LogP contribution is 2.43. The third-order valence-corrected chi connectivity index (χ3v) is 5.61. The van der Waals surface area contributed by atoms with Crippen LogP contribution in [0.2, 0.25) is 0 Å². The minimum atomic E-state index is 0.289. The molecule has 0 spiro atoms. The molecule has 1 aliphatic rings. The quantitative estimate of drug-likeness (QED) is 0.748. The van der Waals surface area contributed by atoms with E-state index in [9.17, 15) is 4.79 Å². The molecule has 70 valence electrons. The van der Waals surface area contributed by atoms with Crippen molar-refractivity contribution in [3.63, 3.8) is 0 Å². The Labute approximate surface area is 97.8 Å². The van der Waals surface area contributed by atoms with Gasteiger partial charge in [-0.25, -0.2) is 0 Å². The van der Waals surface area contributed by atoms with E-state index in [1.54, 1.807) is 0 Å². The molecule has 0 aromatic carbocycles. The lowest BCUT2D eigenvalue weighted by atomic mass is 10.2. The predicted octanol–water partition coefficient (Wildman–Crippen LogP) is 4.11. The van der Waals surface area contributed by atoms with Crippen molar-refractivity contribution in [2.24, 2.45) is 11.8 Å². The molecule has 0 saturated heterocycles. The zero-order valence-corrected chi connectivity index (χ0v) is 11.0. The summed E-state index contributed by atoms with van der Waals surface area (Å²) >= 11 is 8.28. The van der Waals surface area contributed by atoms with Crippen LogP contribution < -0.4 is 0 Å². The molecule has 13 heavy (non-hydrogen) atoms. The van der Waals surface area contributed by atoms with Gasteiger partial charge in [0.1, 0.15) is 0 Å². The molecule has 1 aromatic rings. The SMILES string of the molecule is CC1CC1C(=O)c1cc(Br)c(Br)s1. The number of halogens is 2. The highest BCUT2D eigenvalue weighted by Gasteiger charge is 2.40. The first-order chi connectivity index (χ1) is 6.09. The smallest absolute Gasteiger partial charge is 0.176 e. The van der Waals surface area contributed by atoms with Crippen molar-refractivity contribution in [3.8, 4) is 0 Å². The molecule has 1 heterocycles. The lowest BCUT2D eigenvalue weighted by Gasteiger charge is -1.91. The van der Waals surface area contributed by atoms with Gasteiger partial charge in [0.25, 0.3) is 0 Å². The Bertz CT molecular complexity index is 339. The van der Waals surface area contributed by atoms with Crippen LogP contribution in [0.3, 0.4) is 0 Å². The fourth-order valence-corrected chi connectivity index (χ4v) is 3.38. The second-order valence-electron chi connectivity index (χ2n) is 3.42. The number of ketones is 1. The van der Waals surface area contributed by atoms with Gasteiger partial charge < -0.3 is 0 Å². The number of carbonyl (C=O) groups is 1. The van der Waals surface area contributed by atoms with Gasteiger partial charge in [0.15, 0.2) is 5.78 Å². The summed E-state index contributed by atoms with van der Waals surface area (Å²) in [5.41, 5.74) is 0. The molecule has 2 rings (SSSR count). The van der Waals surface area contributed by atoms with Crippen molar-refractivity contribution >= 4 is 49.0 Å². The minimum absolute atomic E-state index is 0.289. The second-order valence-corrected chi connectivity index (χ2v) is 6.64. The van der Waals surface area contributed by atoms with E-state index in [0.29, 0.717) is 11.7 Å². The average molecular weight is 324 g/mol. The molecular weight excluding hydrogens is 316 g/mol. The van der Waals surface area contributed by atoms with Crippen molar-refractivity contribution in [1.29, 1.82) is 0 Å². The van der Waals surface area contributed by atoms with E-state index in [1.807, 2.05) is 6.07 Å². The Morgan fingerprint density at radius 2 is 2.23 bits per heavy atom. The monoisotopic (exact) mass is 322 g/mol. The predicted molar refractivity (Wildman–Crippen MR) is 61.3 cm³/mol. The van der Waals surface area contributed by atoms with Crippen LogP contribution in [-0.4, -0.2) is 5.78 Å². The Morgan fingerprint density at radius 3 is 2.62 bits per heavy atom. The summed E-state index contributed by atoms with van der Waals surface area (Å²) in [5.74, 6) is 1.19. The first-order valence-electron chi connectivity index (χ1n) is 4.08. The van der Waals surface area contributed by atoms with Gasteiger partial charge in [0, 0.05) is 10.4 Å². The maximum absolute atomic E-state index is 11.8. The van der Waals surface area contributed by atoms with E-state index in [2.05, 4.69) is 38.8 Å². The zero-order chi connectivity index (χ0) is 9.59. The summed E-state index contributed by atoms with van der Waals surface area (Å²) in [7, 11) is 0. The van der Waals surface area contributed by atoms with Crippen molar-refractivity contribution in [2.45, 2.75) is 13.3 Å². The molecular formula is C9H8Br2OS. The van der Waals surface area contributed by atoms with Crippen molar-refractivity contribution in [1.82, 2.24) is 0 Å². The molecule has 4 heteroatoms. The third kappa shape index (κ3) is 1.90. The molecule has 0 N–H and O–H groups in total. The second kappa shape index (κ2) is 3.48. The number of thiophene rings is 1. The summed E-state index contributed by atoms with van der Waals surface area (Å²) in [6, 6.07) is 1.90. The van der Waals surface area contributed by atoms with Crippen LogP contribution in [0.5, 0.6) is 0 Å². The Hall–Kier alpha value is 0.330. The summed E-state index contributed by atoms with van der Waals surface area (Å²) in [5, 5.41) is 0. The molecule has 1 saturated carbocycles. The van der Waals surface area contributed by atoms with E-state index in [1.165, 1.54) is 11.3 Å². The van der Waals surface area contributed by atoms with Crippen LogP contribution in [0.25, 0.3) is 0 Å². The van der Waals surface area contributed by atoms with Crippen LogP contribution in [0.15, 0.2) is 14.3 Å². The van der Waals surface area contributed by atoms with Crippen molar-refractivity contribution in [2.75, 3.05) is 0 Å². The molecule has 1 aliphatic carbocycles. The Morgan fingerprint density at radius 1 is 1.62 bits per heavy atom. The lowest BCUT2D eigenvalue weighted by molar-refractivity contribution is 0.0966. The molecule has 1 nitrogen and oxygen atoms in total. The van der Waals surface area contributed by atoms with Crippen molar-refractivity contribution in [3.05, 3.63) is 19.2 Å². The normalized spacial score (nSPS) is 26.1. The Kier molecular flexibility index (Phi) is 2.64. The van der Waals surface area contributed by atoms with Gasteiger partial charge in [0.05, 0.1) is 8.66 Å². The van der Waals surface area contributed by atoms with Gasteiger partial charge in [-0.2, -0.15) is 0 Å². The van der Waals surface area contributed by atoms with Crippen LogP contribution in [0.4, 0.5) is 0 Å². The number of rotatable bonds is 2. The van der Waals surface area contributed by atoms with E-state index >= 15 is 0 Å². The summed E-state index contributed by atoms with van der Waals surface area (Å²) in [6.07, 6.45) is 1.06. The number of hydrogen-bond acceptors (Lipinski definition) is 2. The number of carbonyl (C=O) groups excluding carboxylic acids is 1. The van der Waals surface area contributed by atoms with E-state index in [-0.39, 0.29) is 5.92 Å². The summed E-state index contributed by atoms with van der Waals surface area (Å²) in [6.45, 7) is 2.13. The van der Waals surface area contributed by atoms with Crippen molar-refractivity contribution < 1.29 is 4.79 Å². The fourth-order valence-electron chi connectivity index (χ4n) is 1.34. The fraction of sp³-hybridized carbons (Fsp3) is 0.444.